The molecule has 0 amide bonds. The molecule has 8 nitrogen and oxygen atoms in total. The fraction of sp³-hybridized carbons (Fsp3) is 0.469. The van der Waals surface area contributed by atoms with Gasteiger partial charge in [-0.25, -0.2) is 4.79 Å². The van der Waals surface area contributed by atoms with Gasteiger partial charge in [-0.1, -0.05) is 26.0 Å². The van der Waals surface area contributed by atoms with Crippen LogP contribution in [0.1, 0.15) is 63.5 Å². The van der Waals surface area contributed by atoms with Crippen LogP contribution < -0.4 is 18.9 Å². The predicted octanol–water partition coefficient (Wildman–Crippen LogP) is 5.89. The van der Waals surface area contributed by atoms with Crippen molar-refractivity contribution in [2.75, 3.05) is 34.5 Å². The predicted molar refractivity (Wildman–Crippen MR) is 153 cm³/mol. The molecule has 1 fully saturated rings. The zero-order valence-electron chi connectivity index (χ0n) is 24.4. The quantitative estimate of drug-likeness (QED) is 0.342. The summed E-state index contributed by atoms with van der Waals surface area (Å²) >= 11 is 0. The van der Waals surface area contributed by atoms with Gasteiger partial charge in [0.05, 0.1) is 46.0 Å². The minimum Gasteiger partial charge on any atom is -0.493 e. The van der Waals surface area contributed by atoms with Crippen LogP contribution in [0.15, 0.2) is 52.7 Å². The van der Waals surface area contributed by atoms with Gasteiger partial charge in [0.15, 0.2) is 23.0 Å². The maximum Gasteiger partial charge on any atom is 0.336 e. The molecule has 40 heavy (non-hydrogen) atoms. The summed E-state index contributed by atoms with van der Waals surface area (Å²) in [6.45, 7) is 8.46. The minimum atomic E-state index is -0.579. The molecule has 1 aliphatic heterocycles. The van der Waals surface area contributed by atoms with Gasteiger partial charge in [-0.15, -0.1) is 0 Å². The molecule has 0 aromatic heterocycles. The molecule has 2 aliphatic rings. The van der Waals surface area contributed by atoms with Crippen LogP contribution in [0.5, 0.6) is 23.0 Å². The first-order valence-electron chi connectivity index (χ1n) is 13.7. The van der Waals surface area contributed by atoms with Crippen LogP contribution >= 0.6 is 0 Å². The summed E-state index contributed by atoms with van der Waals surface area (Å²) in [5.74, 6) is 0.968. The van der Waals surface area contributed by atoms with Crippen LogP contribution in [0.4, 0.5) is 0 Å². The topological polar surface area (TPSA) is 92.7 Å². The molecule has 8 heteroatoms. The van der Waals surface area contributed by atoms with Gasteiger partial charge in [0, 0.05) is 23.7 Å². The van der Waals surface area contributed by atoms with Crippen LogP contribution in [-0.4, -0.2) is 52.0 Å². The van der Waals surface area contributed by atoms with E-state index >= 15 is 0 Å². The van der Waals surface area contributed by atoms with Crippen LogP contribution in [0.25, 0.3) is 0 Å². The number of ether oxygens (including phenoxy) is 5. The van der Waals surface area contributed by atoms with E-state index < -0.39 is 17.8 Å². The van der Waals surface area contributed by atoms with Gasteiger partial charge >= 0.3 is 5.97 Å². The second-order valence-electron chi connectivity index (χ2n) is 10.6. The van der Waals surface area contributed by atoms with Crippen molar-refractivity contribution in [3.63, 3.8) is 0 Å². The molecule has 0 bridgehead atoms. The maximum absolute atomic E-state index is 14.0. The number of nitrogens with zero attached hydrogens (tertiary/aromatic N) is 1. The lowest BCUT2D eigenvalue weighted by Gasteiger charge is -2.38. The molecule has 1 aliphatic carbocycles. The van der Waals surface area contributed by atoms with E-state index in [1.807, 2.05) is 64.1 Å². The lowest BCUT2D eigenvalue weighted by Crippen LogP contribution is -2.41. The van der Waals surface area contributed by atoms with E-state index in [0.29, 0.717) is 53.7 Å². The number of esters is 1. The van der Waals surface area contributed by atoms with Gasteiger partial charge in [0.1, 0.15) is 5.78 Å². The summed E-state index contributed by atoms with van der Waals surface area (Å²) in [4.78, 5) is 32.3. The van der Waals surface area contributed by atoms with Crippen molar-refractivity contribution in [3.05, 3.63) is 58.8 Å². The fourth-order valence-electron chi connectivity index (χ4n) is 5.62. The molecule has 2 aromatic carbocycles. The number of allylic oxidation sites excluding steroid dienone is 1. The number of hydrogen-bond donors (Lipinski definition) is 0. The van der Waals surface area contributed by atoms with E-state index in [9.17, 15) is 9.59 Å². The highest BCUT2D eigenvalue weighted by Gasteiger charge is 2.46. The average molecular weight is 550 g/mol. The SMILES string of the molecule is CCOc1ccc([C@H]2C(C(=O)OCC(C)C)=C(C)N=C3C[C@@H](c4ccc(OC)c(OC)c4)CC(=O)C32)cc1OC. The van der Waals surface area contributed by atoms with Crippen molar-refractivity contribution in [1.82, 2.24) is 0 Å². The molecule has 0 radical (unpaired) electrons. The van der Waals surface area contributed by atoms with Crippen molar-refractivity contribution in [3.8, 4) is 23.0 Å². The van der Waals surface area contributed by atoms with E-state index in [0.717, 1.165) is 16.8 Å². The van der Waals surface area contributed by atoms with Gasteiger partial charge in [-0.05, 0) is 67.5 Å². The van der Waals surface area contributed by atoms with Crippen molar-refractivity contribution < 1.29 is 33.3 Å². The first-order chi connectivity index (χ1) is 19.2. The first kappa shape index (κ1) is 29.2. The Morgan fingerprint density at radius 3 is 2.17 bits per heavy atom. The number of carbonyl (C=O) groups is 2. The number of benzene rings is 2. The van der Waals surface area contributed by atoms with E-state index in [1.54, 1.807) is 21.3 Å². The van der Waals surface area contributed by atoms with E-state index in [1.165, 1.54) is 0 Å². The highest BCUT2D eigenvalue weighted by Crippen LogP contribution is 2.48. The van der Waals surface area contributed by atoms with Crippen molar-refractivity contribution in [1.29, 1.82) is 0 Å². The number of fused-ring (bicyclic) bond motifs is 1. The number of hydrogen-bond acceptors (Lipinski definition) is 8. The molecular weight excluding hydrogens is 510 g/mol. The van der Waals surface area contributed by atoms with E-state index in [2.05, 4.69) is 0 Å². The van der Waals surface area contributed by atoms with E-state index in [4.69, 9.17) is 28.7 Å². The third-order valence-electron chi connectivity index (χ3n) is 7.45. The smallest absolute Gasteiger partial charge is 0.336 e. The lowest BCUT2D eigenvalue weighted by molar-refractivity contribution is -0.140. The van der Waals surface area contributed by atoms with Gasteiger partial charge < -0.3 is 23.7 Å². The highest BCUT2D eigenvalue weighted by atomic mass is 16.5. The largest absolute Gasteiger partial charge is 0.493 e. The Labute approximate surface area is 236 Å². The van der Waals surface area contributed by atoms with Crippen molar-refractivity contribution in [2.45, 2.75) is 52.4 Å². The van der Waals surface area contributed by atoms with Gasteiger partial charge in [-0.2, -0.15) is 0 Å². The Morgan fingerprint density at radius 2 is 1.52 bits per heavy atom. The summed E-state index contributed by atoms with van der Waals surface area (Å²) in [5, 5.41) is 0. The Hall–Kier alpha value is -3.81. The molecule has 2 aromatic rings. The van der Waals surface area contributed by atoms with Gasteiger partial charge in [-0.3, -0.25) is 9.79 Å². The molecule has 0 saturated heterocycles. The summed E-state index contributed by atoms with van der Waals surface area (Å²) in [5.41, 5.74) is 3.52. The molecular formula is C32H39NO7. The lowest BCUT2D eigenvalue weighted by atomic mass is 9.66. The van der Waals surface area contributed by atoms with Gasteiger partial charge in [0.25, 0.3) is 0 Å². The molecule has 0 spiro atoms. The molecule has 1 heterocycles. The number of carbonyl (C=O) groups excluding carboxylic acids is 2. The molecule has 1 unspecified atom stereocenters. The molecule has 3 atom stereocenters. The molecule has 0 N–H and O–H groups in total. The normalized spacial score (nSPS) is 20.6. The molecule has 1 saturated carbocycles. The molecule has 4 rings (SSSR count). The number of methoxy groups -OCH3 is 3. The minimum absolute atomic E-state index is 0.0318. The summed E-state index contributed by atoms with van der Waals surface area (Å²) < 4.78 is 27.9. The zero-order valence-corrected chi connectivity index (χ0v) is 24.4. The fourth-order valence-corrected chi connectivity index (χ4v) is 5.62. The van der Waals surface area contributed by atoms with E-state index in [-0.39, 0.29) is 24.2 Å². The Balaban J connectivity index is 1.78. The van der Waals surface area contributed by atoms with Crippen molar-refractivity contribution in [2.24, 2.45) is 16.8 Å². The molecule has 214 valence electrons. The summed E-state index contributed by atoms with van der Waals surface area (Å²) in [6.07, 6.45) is 0.902. The van der Waals surface area contributed by atoms with Crippen LogP contribution in [0.3, 0.4) is 0 Å². The number of Topliss-reactive ketones (excluding diaryl/α,β-unsaturated/α-hetero) is 1. The first-order valence-corrected chi connectivity index (χ1v) is 13.7. The Bertz CT molecular complexity index is 1330. The standard InChI is InChI=1S/C32H39NO7/c1-8-39-26-12-10-21(16-28(26)38-7)30-29(32(35)40-17-18(2)3)19(4)33-23-13-22(14-24(34)31(23)30)20-9-11-25(36-5)27(15-20)37-6/h9-12,15-16,18,22,30-31H,8,13-14,17H2,1-7H3/t22-,30+,31?/m1/s1. The van der Waals surface area contributed by atoms with Gasteiger partial charge in [0.2, 0.25) is 0 Å². The monoisotopic (exact) mass is 549 g/mol. The number of rotatable bonds is 10. The Kier molecular flexibility index (Phi) is 9.17. The van der Waals surface area contributed by atoms with Crippen molar-refractivity contribution >= 4 is 17.5 Å². The summed E-state index contributed by atoms with van der Waals surface area (Å²) in [7, 11) is 4.77. The summed E-state index contributed by atoms with van der Waals surface area (Å²) in [6, 6.07) is 11.3. The van der Waals surface area contributed by atoms with Crippen LogP contribution in [0.2, 0.25) is 0 Å². The highest BCUT2D eigenvalue weighted by molar-refractivity contribution is 6.12. The number of aliphatic imine (C=N–C) groups is 1. The third kappa shape index (κ3) is 5.86. The van der Waals surface area contributed by atoms with Crippen LogP contribution in [0, 0.1) is 11.8 Å². The zero-order chi connectivity index (χ0) is 29.0. The second kappa shape index (κ2) is 12.6. The van der Waals surface area contributed by atoms with Crippen LogP contribution in [-0.2, 0) is 14.3 Å². The third-order valence-corrected chi connectivity index (χ3v) is 7.45. The number of ketones is 1. The maximum atomic E-state index is 14.0. The second-order valence-corrected chi connectivity index (χ2v) is 10.6. The average Bonchev–Trinajstić information content (AvgIpc) is 2.94. The Morgan fingerprint density at radius 1 is 0.900 bits per heavy atom.